The van der Waals surface area contributed by atoms with Crippen molar-refractivity contribution in [2.75, 3.05) is 13.1 Å². The first-order chi connectivity index (χ1) is 11.6. The summed E-state index contributed by atoms with van der Waals surface area (Å²) in [6, 6.07) is 6.50. The fraction of sp³-hybridized carbons (Fsp3) is 0.474. The van der Waals surface area contributed by atoms with E-state index in [2.05, 4.69) is 22.5 Å². The van der Waals surface area contributed by atoms with Gasteiger partial charge in [0.1, 0.15) is 5.82 Å². The maximum atomic E-state index is 13.7. The number of pyridine rings is 1. The molecule has 1 saturated heterocycles. The highest BCUT2D eigenvalue weighted by atomic mass is 35.5. The number of fused-ring (bicyclic) bond motifs is 1. The van der Waals surface area contributed by atoms with Crippen LogP contribution in [0.1, 0.15) is 48.2 Å². The van der Waals surface area contributed by atoms with Crippen LogP contribution in [-0.2, 0) is 0 Å². The lowest BCUT2D eigenvalue weighted by Crippen LogP contribution is -2.48. The van der Waals surface area contributed by atoms with E-state index in [9.17, 15) is 9.18 Å². The van der Waals surface area contributed by atoms with Crippen LogP contribution in [0.5, 0.6) is 0 Å². The van der Waals surface area contributed by atoms with E-state index in [1.54, 1.807) is 6.07 Å². The normalized spacial score (nSPS) is 22.2. The molecule has 2 unspecified atom stereocenters. The second-order valence-electron chi connectivity index (χ2n) is 7.08. The third-order valence-electron chi connectivity index (χ3n) is 5.13. The van der Waals surface area contributed by atoms with Gasteiger partial charge < -0.3 is 10.6 Å². The van der Waals surface area contributed by atoms with Gasteiger partial charge in [0.15, 0.2) is 0 Å². The molecule has 26 heavy (non-hydrogen) atoms. The zero-order valence-corrected chi connectivity index (χ0v) is 16.3. The second kappa shape index (κ2) is 8.51. The molecule has 4 rings (SSSR count). The van der Waals surface area contributed by atoms with Gasteiger partial charge in [-0.1, -0.05) is 6.92 Å². The number of hydrogen-bond donors (Lipinski definition) is 2. The summed E-state index contributed by atoms with van der Waals surface area (Å²) in [4.78, 5) is 17.5. The average molecular weight is 400 g/mol. The molecule has 7 heteroatoms. The molecule has 1 aliphatic heterocycles. The molecule has 1 saturated carbocycles. The topological polar surface area (TPSA) is 54.0 Å². The number of aromatic nitrogens is 1. The van der Waals surface area contributed by atoms with Crippen LogP contribution >= 0.6 is 24.8 Å². The van der Waals surface area contributed by atoms with Crippen LogP contribution in [-0.4, -0.2) is 30.0 Å². The van der Waals surface area contributed by atoms with Crippen LogP contribution in [0.25, 0.3) is 10.9 Å². The third-order valence-corrected chi connectivity index (χ3v) is 5.13. The van der Waals surface area contributed by atoms with E-state index in [0.717, 1.165) is 38.0 Å². The zero-order valence-electron chi connectivity index (χ0n) is 14.6. The number of nitrogens with zero attached hydrogens (tertiary/aromatic N) is 1. The zero-order chi connectivity index (χ0) is 16.7. The third kappa shape index (κ3) is 4.27. The van der Waals surface area contributed by atoms with Gasteiger partial charge in [0.2, 0.25) is 0 Å². The Balaban J connectivity index is 0.00000121. The molecule has 2 atom stereocenters. The first-order valence-electron chi connectivity index (χ1n) is 8.73. The lowest BCUT2D eigenvalue weighted by molar-refractivity contribution is 0.0915. The molecule has 142 valence electrons. The summed E-state index contributed by atoms with van der Waals surface area (Å²) in [5.41, 5.74) is 2.20. The fourth-order valence-corrected chi connectivity index (χ4v) is 3.47. The summed E-state index contributed by atoms with van der Waals surface area (Å²) in [6.07, 6.45) is 3.15. The van der Waals surface area contributed by atoms with Crippen LogP contribution in [0, 0.1) is 11.7 Å². The van der Waals surface area contributed by atoms with Crippen molar-refractivity contribution in [1.82, 2.24) is 15.6 Å². The highest BCUT2D eigenvalue weighted by molar-refractivity contribution is 6.06. The van der Waals surface area contributed by atoms with Crippen molar-refractivity contribution in [2.45, 2.75) is 38.1 Å². The minimum atomic E-state index is -0.340. The van der Waals surface area contributed by atoms with Gasteiger partial charge in [0.25, 0.3) is 5.91 Å². The van der Waals surface area contributed by atoms with E-state index in [1.165, 1.54) is 12.1 Å². The summed E-state index contributed by atoms with van der Waals surface area (Å²) in [6.45, 7) is 3.95. The largest absolute Gasteiger partial charge is 0.349 e. The quantitative estimate of drug-likeness (QED) is 0.824. The summed E-state index contributed by atoms with van der Waals surface area (Å²) >= 11 is 0. The Morgan fingerprint density at radius 1 is 1.23 bits per heavy atom. The SMILES string of the molecule is CC1CNCCC1NC(=O)c1cc(C2CC2)nc2ccc(F)cc12.Cl.Cl. The van der Waals surface area contributed by atoms with Gasteiger partial charge in [-0.25, -0.2) is 4.39 Å². The highest BCUT2D eigenvalue weighted by Gasteiger charge is 2.28. The van der Waals surface area contributed by atoms with Crippen LogP contribution < -0.4 is 10.6 Å². The number of amides is 1. The standard InChI is InChI=1S/C19H22FN3O.2ClH/c1-11-10-21-7-6-16(11)23-19(24)15-9-18(12-2-3-12)22-17-5-4-13(20)8-14(15)17;;/h4-5,8-9,11-12,16,21H,2-3,6-7,10H2,1H3,(H,23,24);2*1H. The van der Waals surface area contributed by atoms with E-state index in [0.29, 0.717) is 28.3 Å². The summed E-state index contributed by atoms with van der Waals surface area (Å²) in [5, 5.41) is 7.09. The number of hydrogen-bond acceptors (Lipinski definition) is 3. The van der Waals surface area contributed by atoms with Crippen LogP contribution in [0.3, 0.4) is 0 Å². The predicted molar refractivity (Wildman–Crippen MR) is 106 cm³/mol. The minimum Gasteiger partial charge on any atom is -0.349 e. The molecule has 2 aromatic rings. The summed E-state index contributed by atoms with van der Waals surface area (Å²) in [5.74, 6) is 0.376. The first kappa shape index (κ1) is 20.9. The lowest BCUT2D eigenvalue weighted by atomic mass is 9.94. The van der Waals surface area contributed by atoms with Gasteiger partial charge in [-0.2, -0.15) is 0 Å². The fourth-order valence-electron chi connectivity index (χ4n) is 3.47. The Kier molecular flexibility index (Phi) is 6.83. The number of halogens is 3. The van der Waals surface area contributed by atoms with Crippen molar-refractivity contribution >= 4 is 41.6 Å². The van der Waals surface area contributed by atoms with E-state index in [4.69, 9.17) is 0 Å². The van der Waals surface area contributed by atoms with Crippen molar-refractivity contribution < 1.29 is 9.18 Å². The van der Waals surface area contributed by atoms with Crippen molar-refractivity contribution in [3.63, 3.8) is 0 Å². The van der Waals surface area contributed by atoms with Crippen molar-refractivity contribution in [1.29, 1.82) is 0 Å². The van der Waals surface area contributed by atoms with Gasteiger partial charge in [-0.05, 0) is 62.5 Å². The smallest absolute Gasteiger partial charge is 0.252 e. The van der Waals surface area contributed by atoms with E-state index in [-0.39, 0.29) is 42.6 Å². The van der Waals surface area contributed by atoms with E-state index >= 15 is 0 Å². The van der Waals surface area contributed by atoms with Crippen molar-refractivity contribution in [3.8, 4) is 0 Å². The summed E-state index contributed by atoms with van der Waals surface area (Å²) < 4.78 is 13.7. The lowest BCUT2D eigenvalue weighted by Gasteiger charge is -2.30. The number of benzene rings is 1. The molecule has 2 aliphatic rings. The Morgan fingerprint density at radius 2 is 2.00 bits per heavy atom. The molecule has 1 aliphatic carbocycles. The number of carbonyl (C=O) groups excluding carboxylic acids is 1. The molecule has 0 bridgehead atoms. The number of carbonyl (C=O) groups is 1. The van der Waals surface area contributed by atoms with Crippen LogP contribution in [0.2, 0.25) is 0 Å². The molecule has 2 heterocycles. The predicted octanol–water partition coefficient (Wildman–Crippen LogP) is 3.82. The Hall–Kier alpha value is -1.43. The molecule has 1 amide bonds. The molecule has 4 nitrogen and oxygen atoms in total. The second-order valence-corrected chi connectivity index (χ2v) is 7.08. The van der Waals surface area contributed by atoms with Gasteiger partial charge in [0, 0.05) is 23.0 Å². The average Bonchev–Trinajstić information content (AvgIpc) is 3.41. The van der Waals surface area contributed by atoms with Gasteiger partial charge in [-0.3, -0.25) is 9.78 Å². The molecule has 0 radical (unpaired) electrons. The molecular weight excluding hydrogens is 376 g/mol. The van der Waals surface area contributed by atoms with Gasteiger partial charge in [-0.15, -0.1) is 24.8 Å². The van der Waals surface area contributed by atoms with Crippen LogP contribution in [0.15, 0.2) is 24.3 Å². The Morgan fingerprint density at radius 3 is 2.69 bits per heavy atom. The monoisotopic (exact) mass is 399 g/mol. The maximum Gasteiger partial charge on any atom is 0.252 e. The van der Waals surface area contributed by atoms with E-state index in [1.807, 2.05) is 6.07 Å². The van der Waals surface area contributed by atoms with E-state index < -0.39 is 0 Å². The molecule has 1 aromatic carbocycles. The van der Waals surface area contributed by atoms with Crippen LogP contribution in [0.4, 0.5) is 4.39 Å². The number of rotatable bonds is 3. The van der Waals surface area contributed by atoms with Gasteiger partial charge in [0.05, 0.1) is 11.1 Å². The Labute approximate surface area is 165 Å². The maximum absolute atomic E-state index is 13.7. The molecule has 2 N–H and O–H groups in total. The first-order valence-corrected chi connectivity index (χ1v) is 8.73. The number of piperidine rings is 1. The molecule has 1 aromatic heterocycles. The van der Waals surface area contributed by atoms with Gasteiger partial charge >= 0.3 is 0 Å². The number of nitrogens with one attached hydrogen (secondary N) is 2. The Bertz CT molecular complexity index is 798. The molecule has 0 spiro atoms. The molecule has 2 fully saturated rings. The minimum absolute atomic E-state index is 0. The van der Waals surface area contributed by atoms with Crippen molar-refractivity contribution in [3.05, 3.63) is 41.3 Å². The highest BCUT2D eigenvalue weighted by Crippen LogP contribution is 2.40. The van der Waals surface area contributed by atoms with Crippen molar-refractivity contribution in [2.24, 2.45) is 5.92 Å². The summed E-state index contributed by atoms with van der Waals surface area (Å²) in [7, 11) is 0. The molecular formula is C19H24Cl2FN3O.